The van der Waals surface area contributed by atoms with E-state index >= 15 is 0 Å². The number of halogens is 1. The lowest BCUT2D eigenvalue weighted by atomic mass is 9.88. The van der Waals surface area contributed by atoms with Crippen LogP contribution in [0.2, 0.25) is 5.02 Å². The zero-order chi connectivity index (χ0) is 12.9. The normalized spacial score (nSPS) is 11.6. The Kier molecular flexibility index (Phi) is 5.29. The first-order chi connectivity index (χ1) is 7.94. The molecule has 0 aromatic heterocycles. The van der Waals surface area contributed by atoms with E-state index < -0.39 is 0 Å². The number of benzene rings is 1. The number of rotatable bonds is 6. The van der Waals surface area contributed by atoms with Gasteiger partial charge in [-0.3, -0.25) is 0 Å². The smallest absolute Gasteiger partial charge is 0.119 e. The highest BCUT2D eigenvalue weighted by Gasteiger charge is 2.14. The van der Waals surface area contributed by atoms with Crippen LogP contribution in [0.3, 0.4) is 0 Å². The van der Waals surface area contributed by atoms with Crippen molar-refractivity contribution in [1.82, 2.24) is 0 Å². The van der Waals surface area contributed by atoms with Crippen LogP contribution >= 0.6 is 11.6 Å². The van der Waals surface area contributed by atoms with Crippen molar-refractivity contribution >= 4 is 11.6 Å². The largest absolute Gasteiger partial charge is 0.494 e. The van der Waals surface area contributed by atoms with Gasteiger partial charge in [-0.05, 0) is 55.5 Å². The van der Waals surface area contributed by atoms with E-state index in [-0.39, 0.29) is 5.41 Å². The molecule has 1 aromatic rings. The van der Waals surface area contributed by atoms with Crippen molar-refractivity contribution in [2.24, 2.45) is 11.1 Å². The summed E-state index contributed by atoms with van der Waals surface area (Å²) < 4.78 is 5.68. The molecule has 17 heavy (non-hydrogen) atoms. The lowest BCUT2D eigenvalue weighted by molar-refractivity contribution is 0.261. The highest BCUT2D eigenvalue weighted by atomic mass is 35.5. The molecule has 1 aromatic carbocycles. The van der Waals surface area contributed by atoms with Gasteiger partial charge in [0.2, 0.25) is 0 Å². The molecule has 0 aliphatic rings. The standard InChI is InChI=1S/C14H22ClNO/c1-11-9-12(5-6-13(11)15)17-8-4-7-14(2,3)10-16/h5-6,9H,4,7-8,10,16H2,1-3H3. The molecule has 96 valence electrons. The van der Waals surface area contributed by atoms with Crippen molar-refractivity contribution in [2.45, 2.75) is 33.6 Å². The van der Waals surface area contributed by atoms with Gasteiger partial charge in [-0.25, -0.2) is 0 Å². The topological polar surface area (TPSA) is 35.2 Å². The molecule has 1 rings (SSSR count). The number of hydrogen-bond acceptors (Lipinski definition) is 2. The number of aryl methyl sites for hydroxylation is 1. The molecule has 0 bridgehead atoms. The molecule has 0 radical (unpaired) electrons. The van der Waals surface area contributed by atoms with Crippen LogP contribution in [0.1, 0.15) is 32.3 Å². The van der Waals surface area contributed by atoms with E-state index in [1.165, 1.54) is 0 Å². The molecule has 0 spiro atoms. The molecule has 0 aliphatic heterocycles. The third-order valence-electron chi connectivity index (χ3n) is 2.95. The van der Waals surface area contributed by atoms with Gasteiger partial charge in [-0.1, -0.05) is 25.4 Å². The molecule has 0 unspecified atom stereocenters. The Morgan fingerprint density at radius 2 is 2.06 bits per heavy atom. The third-order valence-corrected chi connectivity index (χ3v) is 3.37. The second kappa shape index (κ2) is 6.27. The minimum absolute atomic E-state index is 0.208. The summed E-state index contributed by atoms with van der Waals surface area (Å²) in [7, 11) is 0. The maximum Gasteiger partial charge on any atom is 0.119 e. The second-order valence-corrected chi connectivity index (χ2v) is 5.64. The van der Waals surface area contributed by atoms with Crippen molar-refractivity contribution < 1.29 is 4.74 Å². The average molecular weight is 256 g/mol. The number of nitrogens with two attached hydrogens (primary N) is 1. The molecule has 0 fully saturated rings. The van der Waals surface area contributed by atoms with Gasteiger partial charge in [0.15, 0.2) is 0 Å². The molecule has 0 amide bonds. The second-order valence-electron chi connectivity index (χ2n) is 5.23. The molecular weight excluding hydrogens is 234 g/mol. The van der Waals surface area contributed by atoms with Gasteiger partial charge in [-0.2, -0.15) is 0 Å². The zero-order valence-corrected chi connectivity index (χ0v) is 11.7. The fraction of sp³-hybridized carbons (Fsp3) is 0.571. The molecular formula is C14H22ClNO. The number of ether oxygens (including phenoxy) is 1. The van der Waals surface area contributed by atoms with Crippen molar-refractivity contribution in [2.75, 3.05) is 13.2 Å². The molecule has 0 atom stereocenters. The summed E-state index contributed by atoms with van der Waals surface area (Å²) in [6.07, 6.45) is 2.10. The van der Waals surface area contributed by atoms with Crippen LogP contribution in [0.25, 0.3) is 0 Å². The van der Waals surface area contributed by atoms with Crippen molar-refractivity contribution in [3.8, 4) is 5.75 Å². The fourth-order valence-electron chi connectivity index (χ4n) is 1.55. The van der Waals surface area contributed by atoms with Gasteiger partial charge in [0.05, 0.1) is 6.61 Å². The summed E-state index contributed by atoms with van der Waals surface area (Å²) in [5.74, 6) is 0.887. The van der Waals surface area contributed by atoms with Gasteiger partial charge >= 0.3 is 0 Å². The Hall–Kier alpha value is -0.730. The molecule has 0 aliphatic carbocycles. The van der Waals surface area contributed by atoms with Crippen LogP contribution in [0.15, 0.2) is 18.2 Å². The highest BCUT2D eigenvalue weighted by Crippen LogP contribution is 2.23. The van der Waals surface area contributed by atoms with Crippen LogP contribution in [0.4, 0.5) is 0 Å². The first-order valence-corrected chi connectivity index (χ1v) is 6.41. The van der Waals surface area contributed by atoms with E-state index in [4.69, 9.17) is 22.1 Å². The Balaban J connectivity index is 2.34. The van der Waals surface area contributed by atoms with Crippen molar-refractivity contribution in [3.63, 3.8) is 0 Å². The summed E-state index contributed by atoms with van der Waals surface area (Å²) in [5.41, 5.74) is 6.94. The van der Waals surface area contributed by atoms with Crippen LogP contribution < -0.4 is 10.5 Å². The van der Waals surface area contributed by atoms with E-state index in [1.54, 1.807) is 0 Å². The van der Waals surface area contributed by atoms with Crippen molar-refractivity contribution in [1.29, 1.82) is 0 Å². The van der Waals surface area contributed by atoms with Gasteiger partial charge in [-0.15, -0.1) is 0 Å². The first kappa shape index (κ1) is 14.3. The van der Waals surface area contributed by atoms with Crippen LogP contribution in [-0.2, 0) is 0 Å². The van der Waals surface area contributed by atoms with Gasteiger partial charge in [0.25, 0.3) is 0 Å². The van der Waals surface area contributed by atoms with Crippen LogP contribution in [0, 0.1) is 12.3 Å². The summed E-state index contributed by atoms with van der Waals surface area (Å²) in [6, 6.07) is 5.75. The van der Waals surface area contributed by atoms with Crippen molar-refractivity contribution in [3.05, 3.63) is 28.8 Å². The summed E-state index contributed by atoms with van der Waals surface area (Å²) in [6.45, 7) is 7.78. The summed E-state index contributed by atoms with van der Waals surface area (Å²) >= 11 is 5.95. The Labute approximate surface area is 109 Å². The first-order valence-electron chi connectivity index (χ1n) is 6.04. The van der Waals surface area contributed by atoms with Gasteiger partial charge in [0, 0.05) is 5.02 Å². The Morgan fingerprint density at radius 3 is 2.65 bits per heavy atom. The average Bonchev–Trinajstić information content (AvgIpc) is 2.29. The van der Waals surface area contributed by atoms with Crippen LogP contribution in [-0.4, -0.2) is 13.2 Å². The third kappa shape index (κ3) is 4.97. The van der Waals surface area contributed by atoms with Gasteiger partial charge < -0.3 is 10.5 Å². The fourth-order valence-corrected chi connectivity index (χ4v) is 1.67. The number of hydrogen-bond donors (Lipinski definition) is 1. The maximum atomic E-state index is 5.95. The Bertz CT molecular complexity index is 363. The molecule has 2 nitrogen and oxygen atoms in total. The SMILES string of the molecule is Cc1cc(OCCCC(C)(C)CN)ccc1Cl. The summed E-state index contributed by atoms with van der Waals surface area (Å²) in [4.78, 5) is 0. The predicted molar refractivity (Wildman–Crippen MR) is 73.8 cm³/mol. The molecule has 0 saturated heterocycles. The lowest BCUT2D eigenvalue weighted by Gasteiger charge is -2.21. The molecule has 3 heteroatoms. The quantitative estimate of drug-likeness (QED) is 0.785. The lowest BCUT2D eigenvalue weighted by Crippen LogP contribution is -2.23. The molecule has 0 heterocycles. The van der Waals surface area contributed by atoms with E-state index in [1.807, 2.05) is 25.1 Å². The van der Waals surface area contributed by atoms with E-state index in [9.17, 15) is 0 Å². The zero-order valence-electron chi connectivity index (χ0n) is 10.9. The maximum absolute atomic E-state index is 5.95. The minimum atomic E-state index is 0.208. The van der Waals surface area contributed by atoms with E-state index in [2.05, 4.69) is 13.8 Å². The minimum Gasteiger partial charge on any atom is -0.494 e. The van der Waals surface area contributed by atoms with E-state index in [0.717, 1.165) is 35.8 Å². The predicted octanol–water partition coefficient (Wildman–Crippen LogP) is 3.79. The van der Waals surface area contributed by atoms with E-state index in [0.29, 0.717) is 6.54 Å². The highest BCUT2D eigenvalue weighted by molar-refractivity contribution is 6.31. The van der Waals surface area contributed by atoms with Crippen LogP contribution in [0.5, 0.6) is 5.75 Å². The molecule has 2 N–H and O–H groups in total. The van der Waals surface area contributed by atoms with Gasteiger partial charge in [0.1, 0.15) is 5.75 Å². The Morgan fingerprint density at radius 1 is 1.35 bits per heavy atom. The molecule has 0 saturated carbocycles. The monoisotopic (exact) mass is 255 g/mol. The summed E-state index contributed by atoms with van der Waals surface area (Å²) in [5, 5.41) is 0.779.